The molecule has 0 aromatic heterocycles. The van der Waals surface area contributed by atoms with Crippen molar-refractivity contribution in [2.75, 3.05) is 13.6 Å². The van der Waals surface area contributed by atoms with Crippen LogP contribution in [0, 0.1) is 0 Å². The number of nitrogens with one attached hydrogen (secondary N) is 3. The van der Waals surface area contributed by atoms with Crippen LogP contribution in [0.4, 0.5) is 9.59 Å². The highest BCUT2D eigenvalue weighted by atomic mass is 16.2. The number of carbonyl (C=O) groups excluding carboxylic acids is 4. The summed E-state index contributed by atoms with van der Waals surface area (Å²) < 4.78 is 0. The Bertz CT molecular complexity index is 701. The largest absolute Gasteiger partial charge is 0.341 e. The number of hydrogen-bond donors (Lipinski definition) is 3. The third-order valence-electron chi connectivity index (χ3n) is 4.13. The molecule has 134 valence electrons. The summed E-state index contributed by atoms with van der Waals surface area (Å²) >= 11 is 0. The van der Waals surface area contributed by atoms with Gasteiger partial charge in [0.15, 0.2) is 0 Å². The first-order chi connectivity index (χ1) is 11.8. The van der Waals surface area contributed by atoms with Gasteiger partial charge in [0.25, 0.3) is 5.91 Å². The molecule has 1 aromatic carbocycles. The summed E-state index contributed by atoms with van der Waals surface area (Å²) in [6, 6.07) is 6.08. The van der Waals surface area contributed by atoms with Gasteiger partial charge < -0.3 is 10.6 Å². The van der Waals surface area contributed by atoms with E-state index in [1.165, 1.54) is 7.05 Å². The van der Waals surface area contributed by atoms with Gasteiger partial charge in [-0.05, 0) is 24.5 Å². The Morgan fingerprint density at radius 2 is 1.84 bits per heavy atom. The van der Waals surface area contributed by atoms with Gasteiger partial charge in [-0.3, -0.25) is 19.8 Å². The molecule has 2 rings (SSSR count). The highest BCUT2D eigenvalue weighted by Gasteiger charge is 2.49. The van der Waals surface area contributed by atoms with Crippen molar-refractivity contribution in [1.82, 2.24) is 20.9 Å². The molecule has 0 radical (unpaired) electrons. The van der Waals surface area contributed by atoms with Gasteiger partial charge in [-0.25, -0.2) is 9.59 Å². The van der Waals surface area contributed by atoms with Crippen LogP contribution < -0.4 is 16.0 Å². The van der Waals surface area contributed by atoms with E-state index in [4.69, 9.17) is 0 Å². The van der Waals surface area contributed by atoms with Crippen molar-refractivity contribution in [3.05, 3.63) is 35.4 Å². The minimum atomic E-state index is -1.24. The van der Waals surface area contributed by atoms with Crippen LogP contribution in [0.15, 0.2) is 24.3 Å². The van der Waals surface area contributed by atoms with Crippen molar-refractivity contribution in [1.29, 1.82) is 0 Å². The van der Waals surface area contributed by atoms with Crippen molar-refractivity contribution < 1.29 is 19.2 Å². The molecule has 0 aliphatic carbocycles. The van der Waals surface area contributed by atoms with E-state index in [9.17, 15) is 19.2 Å². The zero-order chi connectivity index (χ0) is 18.6. The predicted octanol–water partition coefficient (Wildman–Crippen LogP) is 0.862. The van der Waals surface area contributed by atoms with E-state index in [-0.39, 0.29) is 0 Å². The smallest absolute Gasteiger partial charge is 0.325 e. The van der Waals surface area contributed by atoms with Crippen molar-refractivity contribution in [2.45, 2.75) is 32.2 Å². The molecule has 3 N–H and O–H groups in total. The molecule has 1 saturated heterocycles. The van der Waals surface area contributed by atoms with E-state index in [2.05, 4.69) is 17.6 Å². The lowest BCUT2D eigenvalue weighted by Crippen LogP contribution is -2.46. The second-order valence-corrected chi connectivity index (χ2v) is 6.02. The third-order valence-corrected chi connectivity index (χ3v) is 4.13. The Morgan fingerprint density at radius 3 is 2.40 bits per heavy atom. The maximum Gasteiger partial charge on any atom is 0.325 e. The fraction of sp³-hybridized carbons (Fsp3) is 0.412. The molecule has 25 heavy (non-hydrogen) atoms. The second-order valence-electron chi connectivity index (χ2n) is 6.02. The molecule has 0 saturated carbocycles. The molecule has 1 atom stereocenters. The van der Waals surface area contributed by atoms with Crippen molar-refractivity contribution in [2.24, 2.45) is 0 Å². The van der Waals surface area contributed by atoms with Crippen LogP contribution in [0.3, 0.4) is 0 Å². The number of imide groups is 2. The molecule has 1 aromatic rings. The fourth-order valence-electron chi connectivity index (χ4n) is 2.70. The van der Waals surface area contributed by atoms with Gasteiger partial charge in [-0.1, -0.05) is 37.6 Å². The number of rotatable bonds is 5. The van der Waals surface area contributed by atoms with Gasteiger partial charge in [-0.2, -0.15) is 0 Å². The third kappa shape index (κ3) is 3.78. The maximum absolute atomic E-state index is 12.7. The van der Waals surface area contributed by atoms with Crippen LogP contribution in [-0.2, 0) is 21.5 Å². The molecule has 6 amide bonds. The van der Waals surface area contributed by atoms with E-state index >= 15 is 0 Å². The first-order valence-electron chi connectivity index (χ1n) is 8.07. The first kappa shape index (κ1) is 18.4. The van der Waals surface area contributed by atoms with E-state index < -0.39 is 36.0 Å². The number of urea groups is 2. The molecule has 1 fully saturated rings. The van der Waals surface area contributed by atoms with Crippen LogP contribution in [0.1, 0.15) is 31.4 Å². The lowest BCUT2D eigenvalue weighted by Gasteiger charge is -2.22. The van der Waals surface area contributed by atoms with Gasteiger partial charge >= 0.3 is 12.1 Å². The van der Waals surface area contributed by atoms with Crippen LogP contribution in [0.2, 0.25) is 0 Å². The molecule has 8 heteroatoms. The number of nitrogens with zero attached hydrogens (tertiary/aromatic N) is 1. The van der Waals surface area contributed by atoms with E-state index in [1.807, 2.05) is 17.4 Å². The normalized spacial score (nSPS) is 19.6. The van der Waals surface area contributed by atoms with E-state index in [0.29, 0.717) is 5.56 Å². The second kappa shape index (κ2) is 7.33. The average Bonchev–Trinajstić information content (AvgIpc) is 2.80. The summed E-state index contributed by atoms with van der Waals surface area (Å²) in [5.74, 6) is -1.28. The highest BCUT2D eigenvalue weighted by Crippen LogP contribution is 2.29. The van der Waals surface area contributed by atoms with Gasteiger partial charge in [-0.15, -0.1) is 0 Å². The van der Waals surface area contributed by atoms with Crippen molar-refractivity contribution in [3.63, 3.8) is 0 Å². The maximum atomic E-state index is 12.7. The SMILES string of the molecule is CCCc1ccc(C2(C)NC(=O)N(CC(=O)NC(=O)NC)C2=O)cc1. The first-order valence-corrected chi connectivity index (χ1v) is 8.07. The summed E-state index contributed by atoms with van der Waals surface area (Å²) in [5.41, 5.74) is 0.545. The Hall–Kier alpha value is -2.90. The summed E-state index contributed by atoms with van der Waals surface area (Å²) in [5, 5.41) is 6.88. The topological polar surface area (TPSA) is 108 Å². The molecule has 8 nitrogen and oxygen atoms in total. The fourth-order valence-corrected chi connectivity index (χ4v) is 2.70. The predicted molar refractivity (Wildman–Crippen MR) is 90.6 cm³/mol. The van der Waals surface area contributed by atoms with E-state index in [1.54, 1.807) is 19.1 Å². The number of amides is 6. The number of hydrogen-bond acceptors (Lipinski definition) is 4. The van der Waals surface area contributed by atoms with Crippen molar-refractivity contribution in [3.8, 4) is 0 Å². The lowest BCUT2D eigenvalue weighted by molar-refractivity contribution is -0.134. The van der Waals surface area contributed by atoms with Gasteiger partial charge in [0.05, 0.1) is 0 Å². The Labute approximate surface area is 145 Å². The van der Waals surface area contributed by atoms with Crippen molar-refractivity contribution >= 4 is 23.9 Å². The minimum Gasteiger partial charge on any atom is -0.341 e. The molecule has 1 aliphatic rings. The summed E-state index contributed by atoms with van der Waals surface area (Å²) in [6.45, 7) is 3.15. The van der Waals surface area contributed by atoms with Gasteiger partial charge in [0.2, 0.25) is 5.91 Å². The highest BCUT2D eigenvalue weighted by molar-refractivity contribution is 6.10. The summed E-state index contributed by atoms with van der Waals surface area (Å²) in [4.78, 5) is 48.6. The van der Waals surface area contributed by atoms with Crippen LogP contribution in [0.25, 0.3) is 0 Å². The Balaban J connectivity index is 2.15. The molecule has 1 heterocycles. The van der Waals surface area contributed by atoms with Gasteiger partial charge in [0.1, 0.15) is 12.1 Å². The average molecular weight is 346 g/mol. The zero-order valence-electron chi connectivity index (χ0n) is 14.5. The van der Waals surface area contributed by atoms with Crippen LogP contribution in [-0.4, -0.2) is 42.4 Å². The minimum absolute atomic E-state index is 0.526. The monoisotopic (exact) mass is 346 g/mol. The molecule has 1 unspecified atom stereocenters. The Morgan fingerprint density at radius 1 is 1.20 bits per heavy atom. The quantitative estimate of drug-likeness (QED) is 0.687. The number of carbonyl (C=O) groups is 4. The lowest BCUT2D eigenvalue weighted by atomic mass is 9.91. The standard InChI is InChI=1S/C17H22N4O4/c1-4-5-11-6-8-12(9-7-11)17(2)14(23)21(16(25)20-17)10-13(22)19-15(24)18-3/h6-9H,4-5,10H2,1-3H3,(H,20,25)(H2,18,19,22,24). The molecule has 0 bridgehead atoms. The molecule has 1 aliphatic heterocycles. The zero-order valence-corrected chi connectivity index (χ0v) is 14.5. The van der Waals surface area contributed by atoms with Gasteiger partial charge in [0, 0.05) is 7.05 Å². The summed E-state index contributed by atoms with van der Waals surface area (Å²) in [6.07, 6.45) is 1.95. The van der Waals surface area contributed by atoms with E-state index in [0.717, 1.165) is 23.3 Å². The Kier molecular flexibility index (Phi) is 5.41. The molecule has 0 spiro atoms. The number of aryl methyl sites for hydroxylation is 1. The van der Waals surface area contributed by atoms with Crippen LogP contribution >= 0.6 is 0 Å². The summed E-state index contributed by atoms with van der Waals surface area (Å²) in [7, 11) is 1.36. The van der Waals surface area contributed by atoms with Crippen LogP contribution in [0.5, 0.6) is 0 Å². The number of benzene rings is 1. The molecular weight excluding hydrogens is 324 g/mol. The molecular formula is C17H22N4O4.